The number of esters is 1. The number of aryl methyl sites for hydroxylation is 1. The third-order valence-corrected chi connectivity index (χ3v) is 4.70. The van der Waals surface area contributed by atoms with Crippen LogP contribution < -0.4 is 0 Å². The Morgan fingerprint density at radius 1 is 0.774 bits per heavy atom. The molecule has 0 saturated carbocycles. The number of hydrogen-bond donors (Lipinski definition) is 0. The Hall–Kier alpha value is -3.93. The molecule has 0 atom stereocenters. The minimum atomic E-state index is -0.420. The first-order valence-electron chi connectivity index (χ1n) is 10.1. The van der Waals surface area contributed by atoms with Crippen LogP contribution in [0, 0.1) is 10.4 Å². The molecule has 0 radical (unpaired) electrons. The fraction of sp³-hybridized carbons (Fsp3) is 0.160. The van der Waals surface area contributed by atoms with Gasteiger partial charge >= 0.3 is 5.97 Å². The summed E-state index contributed by atoms with van der Waals surface area (Å²) in [6.07, 6.45) is 3.85. The van der Waals surface area contributed by atoms with Gasteiger partial charge in [-0.1, -0.05) is 19.1 Å². The zero-order valence-electron chi connectivity index (χ0n) is 17.5. The standard InChI is InChI=1S/C25H24N2O4/c1-3-19-9-13-23(14-10-19)26(29)17-20-5-7-21(8-6-20)18-27(30)24-15-11-22(12-16-24)25(28)31-4-2/h5-18H,3-4H2,1-2H3/b26-17-,27-18-. The minimum Gasteiger partial charge on any atom is -0.618 e. The molecule has 0 spiro atoms. The van der Waals surface area contributed by atoms with Crippen LogP contribution in [0.2, 0.25) is 0 Å². The van der Waals surface area contributed by atoms with Crippen molar-refractivity contribution in [1.82, 2.24) is 0 Å². The molecule has 6 heteroatoms. The zero-order valence-corrected chi connectivity index (χ0v) is 17.5. The van der Waals surface area contributed by atoms with Gasteiger partial charge < -0.3 is 15.2 Å². The maximum absolute atomic E-state index is 12.4. The first-order chi connectivity index (χ1) is 15.0. The third kappa shape index (κ3) is 5.79. The van der Waals surface area contributed by atoms with Crippen molar-refractivity contribution in [3.63, 3.8) is 0 Å². The number of carbonyl (C=O) groups excluding carboxylic acids is 1. The Kier molecular flexibility index (Phi) is 7.17. The van der Waals surface area contributed by atoms with E-state index in [2.05, 4.69) is 6.92 Å². The average Bonchev–Trinajstić information content (AvgIpc) is 2.80. The summed E-state index contributed by atoms with van der Waals surface area (Å²) < 4.78 is 6.48. The average molecular weight is 416 g/mol. The van der Waals surface area contributed by atoms with E-state index in [1.807, 2.05) is 12.1 Å². The van der Waals surface area contributed by atoms with Gasteiger partial charge in [0.25, 0.3) is 0 Å². The van der Waals surface area contributed by atoms with Gasteiger partial charge in [-0.25, -0.2) is 4.79 Å². The van der Waals surface area contributed by atoms with Crippen LogP contribution in [0.5, 0.6) is 0 Å². The van der Waals surface area contributed by atoms with Crippen molar-refractivity contribution in [2.45, 2.75) is 20.3 Å². The van der Waals surface area contributed by atoms with Gasteiger partial charge in [0.15, 0.2) is 12.4 Å². The van der Waals surface area contributed by atoms with E-state index in [0.29, 0.717) is 29.1 Å². The number of hydrogen-bond acceptors (Lipinski definition) is 4. The Balaban J connectivity index is 1.71. The summed E-state index contributed by atoms with van der Waals surface area (Å²) in [4.78, 5) is 11.7. The molecule has 0 aromatic heterocycles. The van der Waals surface area contributed by atoms with Crippen LogP contribution in [0.4, 0.5) is 11.4 Å². The summed E-state index contributed by atoms with van der Waals surface area (Å²) in [5.74, 6) is -0.420. The van der Waals surface area contributed by atoms with Crippen LogP contribution in [0.3, 0.4) is 0 Å². The van der Waals surface area contributed by atoms with Crippen LogP contribution in [0.25, 0.3) is 0 Å². The molecule has 3 aromatic rings. The molecule has 3 rings (SSSR count). The first-order valence-corrected chi connectivity index (χ1v) is 10.1. The van der Waals surface area contributed by atoms with E-state index in [9.17, 15) is 15.2 Å². The van der Waals surface area contributed by atoms with E-state index in [-0.39, 0.29) is 0 Å². The van der Waals surface area contributed by atoms with Crippen LogP contribution in [0.15, 0.2) is 72.8 Å². The van der Waals surface area contributed by atoms with Gasteiger partial charge in [0.05, 0.1) is 12.2 Å². The predicted molar refractivity (Wildman–Crippen MR) is 122 cm³/mol. The normalized spacial score (nSPS) is 11.9. The SMILES string of the molecule is CCOC(=O)c1ccc(/[N+]([O-])=C/c2ccc(/C=[N+](\[O-])c3ccc(CC)cc3)cc2)cc1. The molecule has 3 aromatic carbocycles. The molecule has 0 aliphatic carbocycles. The number of benzene rings is 3. The fourth-order valence-electron chi connectivity index (χ4n) is 2.93. The van der Waals surface area contributed by atoms with Gasteiger partial charge in [-0.3, -0.25) is 0 Å². The van der Waals surface area contributed by atoms with Crippen molar-refractivity contribution in [3.8, 4) is 0 Å². The van der Waals surface area contributed by atoms with Gasteiger partial charge in [-0.2, -0.15) is 9.48 Å². The summed E-state index contributed by atoms with van der Waals surface area (Å²) in [5, 5.41) is 24.7. The summed E-state index contributed by atoms with van der Waals surface area (Å²) in [6.45, 7) is 4.10. The molecule has 0 aliphatic rings. The quantitative estimate of drug-likeness (QED) is 0.180. The molecule has 0 aliphatic heterocycles. The second-order valence-corrected chi connectivity index (χ2v) is 6.86. The largest absolute Gasteiger partial charge is 0.618 e. The molecule has 0 N–H and O–H groups in total. The fourth-order valence-corrected chi connectivity index (χ4v) is 2.93. The lowest BCUT2D eigenvalue weighted by molar-refractivity contribution is -0.354. The molecule has 31 heavy (non-hydrogen) atoms. The van der Waals surface area contributed by atoms with E-state index in [1.165, 1.54) is 18.0 Å². The van der Waals surface area contributed by atoms with Crippen LogP contribution in [-0.4, -0.2) is 34.5 Å². The summed E-state index contributed by atoms with van der Waals surface area (Å²) >= 11 is 0. The van der Waals surface area contributed by atoms with Crippen molar-refractivity contribution >= 4 is 29.8 Å². The molecule has 0 amide bonds. The van der Waals surface area contributed by atoms with Crippen molar-refractivity contribution in [2.75, 3.05) is 6.61 Å². The van der Waals surface area contributed by atoms with E-state index in [0.717, 1.165) is 21.5 Å². The first kappa shape index (κ1) is 21.8. The smallest absolute Gasteiger partial charge is 0.338 e. The summed E-state index contributed by atoms with van der Waals surface area (Å²) in [7, 11) is 0. The van der Waals surface area contributed by atoms with Gasteiger partial charge in [0.1, 0.15) is 0 Å². The molecule has 158 valence electrons. The van der Waals surface area contributed by atoms with Gasteiger partial charge in [-0.05, 0) is 55.3 Å². The molecule has 0 fully saturated rings. The number of ether oxygens (including phenoxy) is 1. The highest BCUT2D eigenvalue weighted by Crippen LogP contribution is 2.15. The molecular formula is C25H24N2O4. The highest BCUT2D eigenvalue weighted by Gasteiger charge is 2.09. The topological polar surface area (TPSA) is 78.4 Å². The molecule has 0 unspecified atom stereocenters. The Labute approximate surface area is 181 Å². The number of nitrogens with zero attached hydrogens (tertiary/aromatic N) is 2. The third-order valence-electron chi connectivity index (χ3n) is 4.70. The predicted octanol–water partition coefficient (Wildman–Crippen LogP) is 4.95. The van der Waals surface area contributed by atoms with E-state index < -0.39 is 5.97 Å². The van der Waals surface area contributed by atoms with E-state index in [4.69, 9.17) is 4.74 Å². The van der Waals surface area contributed by atoms with Crippen LogP contribution in [-0.2, 0) is 11.2 Å². The monoisotopic (exact) mass is 416 g/mol. The Morgan fingerprint density at radius 2 is 1.23 bits per heavy atom. The minimum absolute atomic E-state index is 0.296. The number of rotatable bonds is 7. The second kappa shape index (κ2) is 10.2. The van der Waals surface area contributed by atoms with Crippen molar-refractivity contribution < 1.29 is 19.0 Å². The maximum atomic E-state index is 12.4. The van der Waals surface area contributed by atoms with E-state index >= 15 is 0 Å². The lowest BCUT2D eigenvalue weighted by Gasteiger charge is -2.05. The second-order valence-electron chi connectivity index (χ2n) is 6.86. The van der Waals surface area contributed by atoms with Crippen LogP contribution in [0.1, 0.15) is 40.9 Å². The summed E-state index contributed by atoms with van der Waals surface area (Å²) in [5.41, 5.74) is 3.93. The van der Waals surface area contributed by atoms with Crippen LogP contribution >= 0.6 is 0 Å². The Bertz CT molecular complexity index is 1080. The van der Waals surface area contributed by atoms with Crippen molar-refractivity contribution in [3.05, 3.63) is 105 Å². The van der Waals surface area contributed by atoms with Gasteiger partial charge in [-0.15, -0.1) is 0 Å². The highest BCUT2D eigenvalue weighted by atomic mass is 16.5. The molecule has 6 nitrogen and oxygen atoms in total. The summed E-state index contributed by atoms with van der Waals surface area (Å²) in [6, 6.07) is 20.8. The maximum Gasteiger partial charge on any atom is 0.338 e. The number of carbonyl (C=O) groups is 1. The molecule has 0 heterocycles. The van der Waals surface area contributed by atoms with Crippen molar-refractivity contribution in [1.29, 1.82) is 0 Å². The van der Waals surface area contributed by atoms with Gasteiger partial charge in [0.2, 0.25) is 11.4 Å². The Morgan fingerprint density at radius 3 is 1.65 bits per heavy atom. The van der Waals surface area contributed by atoms with Gasteiger partial charge in [0, 0.05) is 35.4 Å². The zero-order chi connectivity index (χ0) is 22.2. The highest BCUT2D eigenvalue weighted by molar-refractivity contribution is 5.89. The molecular weight excluding hydrogens is 392 g/mol. The molecule has 0 saturated heterocycles. The van der Waals surface area contributed by atoms with Crippen molar-refractivity contribution in [2.24, 2.45) is 0 Å². The lowest BCUT2D eigenvalue weighted by atomic mass is 10.1. The molecule has 0 bridgehead atoms. The lowest BCUT2D eigenvalue weighted by Crippen LogP contribution is -2.05. The van der Waals surface area contributed by atoms with E-state index in [1.54, 1.807) is 67.6 Å².